The molecule has 66 heavy (non-hydrogen) atoms. The molecular formula is C60H39BrN4O. The highest BCUT2D eigenvalue weighted by atomic mass is 79.9. The van der Waals surface area contributed by atoms with Crippen molar-refractivity contribution >= 4 is 59.7 Å². The number of nitrogens with one attached hydrogen (secondary N) is 1. The molecule has 1 aliphatic rings. The highest BCUT2D eigenvalue weighted by Crippen LogP contribution is 2.51. The molecule has 0 amide bonds. The van der Waals surface area contributed by atoms with Crippen LogP contribution in [0, 0.1) is 0 Å². The summed E-state index contributed by atoms with van der Waals surface area (Å²) in [7, 11) is 0. The van der Waals surface area contributed by atoms with Crippen LogP contribution in [0.3, 0.4) is 0 Å². The van der Waals surface area contributed by atoms with Gasteiger partial charge in [0.25, 0.3) is 0 Å². The SMILES string of the molecule is CC1(C)c2cc(-c3ccc(-c4nc(-c5ccc(Br)cc5)nc(-c5ccc6c(c5)oc5ccccc56)n4)cc3)ccc2-c2ccc(-c3cccc(-c4cccc5c4[nH]c4ccccc45)c3)cc21. The predicted molar refractivity (Wildman–Crippen MR) is 274 cm³/mol. The minimum Gasteiger partial charge on any atom is -0.456 e. The van der Waals surface area contributed by atoms with Gasteiger partial charge in [-0.15, -0.1) is 0 Å². The standard InChI is InChI=1S/C60H39BrN4O/c1-60(2)51-32-39(23-28-45(51)46-29-24-40(33-52(46)60)38-9-7-10-41(31-38)44-13-8-14-50-47-11-3-5-15-53(47)62-56(44)50)35-17-19-36(20-18-35)57-63-58(37-21-26-43(61)27-22-37)65-59(64-57)42-25-30-49-48-12-4-6-16-54(48)66-55(49)34-42/h3-34,62H,1-2H3. The summed E-state index contributed by atoms with van der Waals surface area (Å²) >= 11 is 3.58. The molecule has 9 aromatic carbocycles. The maximum absolute atomic E-state index is 6.25. The Kier molecular flexibility index (Phi) is 8.64. The zero-order chi connectivity index (χ0) is 44.1. The maximum Gasteiger partial charge on any atom is 0.164 e. The number of nitrogens with zero attached hydrogens (tertiary/aromatic N) is 3. The summed E-state index contributed by atoms with van der Waals surface area (Å²) in [6, 6.07) is 69.0. The van der Waals surface area contributed by atoms with Gasteiger partial charge in [0.05, 0.1) is 5.52 Å². The van der Waals surface area contributed by atoms with E-state index in [1.54, 1.807) is 0 Å². The zero-order valence-electron chi connectivity index (χ0n) is 36.1. The lowest BCUT2D eigenvalue weighted by Crippen LogP contribution is -2.15. The lowest BCUT2D eigenvalue weighted by atomic mass is 9.80. The molecule has 0 aliphatic heterocycles. The van der Waals surface area contributed by atoms with Gasteiger partial charge in [-0.2, -0.15) is 0 Å². The molecule has 5 nitrogen and oxygen atoms in total. The Bertz CT molecular complexity index is 3920. The molecule has 1 aliphatic carbocycles. The normalized spacial score (nSPS) is 12.9. The fraction of sp³-hybridized carbons (Fsp3) is 0.0500. The van der Waals surface area contributed by atoms with Gasteiger partial charge >= 0.3 is 0 Å². The third-order valence-corrected chi connectivity index (χ3v) is 14.1. The summed E-state index contributed by atoms with van der Waals surface area (Å²) in [5, 5.41) is 4.65. The van der Waals surface area contributed by atoms with Crippen molar-refractivity contribution in [1.82, 2.24) is 19.9 Å². The van der Waals surface area contributed by atoms with E-state index in [9.17, 15) is 0 Å². The molecule has 0 unspecified atom stereocenters. The van der Waals surface area contributed by atoms with Crippen LogP contribution >= 0.6 is 15.9 Å². The Balaban J connectivity index is 0.820. The number of hydrogen-bond donors (Lipinski definition) is 1. The number of aromatic nitrogens is 4. The van der Waals surface area contributed by atoms with E-state index in [4.69, 9.17) is 19.4 Å². The molecule has 0 radical (unpaired) electrons. The minimum absolute atomic E-state index is 0.194. The van der Waals surface area contributed by atoms with Crippen molar-refractivity contribution in [3.05, 3.63) is 210 Å². The molecule has 13 rings (SSSR count). The number of furan rings is 1. The summed E-state index contributed by atoms with van der Waals surface area (Å²) in [6.45, 7) is 4.71. The second kappa shape index (κ2) is 14.8. The van der Waals surface area contributed by atoms with Crippen LogP contribution in [0.5, 0.6) is 0 Å². The number of para-hydroxylation sites is 3. The van der Waals surface area contributed by atoms with Crippen LogP contribution in [0.25, 0.3) is 122 Å². The van der Waals surface area contributed by atoms with Crippen LogP contribution in [-0.2, 0) is 5.41 Å². The van der Waals surface area contributed by atoms with Gasteiger partial charge in [0.15, 0.2) is 17.5 Å². The maximum atomic E-state index is 6.25. The molecule has 0 saturated heterocycles. The monoisotopic (exact) mass is 910 g/mol. The van der Waals surface area contributed by atoms with Crippen LogP contribution in [0.1, 0.15) is 25.0 Å². The number of hydrogen-bond acceptors (Lipinski definition) is 4. The third-order valence-electron chi connectivity index (χ3n) is 13.6. The molecular weight excluding hydrogens is 873 g/mol. The molecule has 1 N–H and O–H groups in total. The van der Waals surface area contributed by atoms with Crippen molar-refractivity contribution in [3.63, 3.8) is 0 Å². The van der Waals surface area contributed by atoms with Gasteiger partial charge in [-0.3, -0.25) is 0 Å². The molecule has 0 bridgehead atoms. The molecule has 0 spiro atoms. The summed E-state index contributed by atoms with van der Waals surface area (Å²) in [6.07, 6.45) is 0. The quantitative estimate of drug-likeness (QED) is 0.180. The van der Waals surface area contributed by atoms with Crippen LogP contribution < -0.4 is 0 Å². The van der Waals surface area contributed by atoms with E-state index in [0.29, 0.717) is 17.5 Å². The Morgan fingerprint density at radius 2 is 0.924 bits per heavy atom. The molecule has 3 heterocycles. The Hall–Kier alpha value is -7.93. The summed E-state index contributed by atoms with van der Waals surface area (Å²) in [5.41, 5.74) is 18.9. The van der Waals surface area contributed by atoms with Gasteiger partial charge in [-0.05, 0) is 105 Å². The number of halogens is 1. The largest absolute Gasteiger partial charge is 0.456 e. The van der Waals surface area contributed by atoms with Crippen molar-refractivity contribution in [2.75, 3.05) is 0 Å². The van der Waals surface area contributed by atoms with Crippen LogP contribution in [0.15, 0.2) is 203 Å². The van der Waals surface area contributed by atoms with E-state index in [1.807, 2.05) is 48.5 Å². The van der Waals surface area contributed by atoms with E-state index in [-0.39, 0.29) is 5.41 Å². The van der Waals surface area contributed by atoms with Gasteiger partial charge in [-0.1, -0.05) is 169 Å². The highest BCUT2D eigenvalue weighted by Gasteiger charge is 2.36. The van der Waals surface area contributed by atoms with Gasteiger partial charge in [-0.25, -0.2) is 15.0 Å². The van der Waals surface area contributed by atoms with Crippen LogP contribution in [0.2, 0.25) is 0 Å². The summed E-state index contributed by atoms with van der Waals surface area (Å²) < 4.78 is 7.25. The van der Waals surface area contributed by atoms with Crippen molar-refractivity contribution in [3.8, 4) is 78.7 Å². The first kappa shape index (κ1) is 38.5. The van der Waals surface area contributed by atoms with Gasteiger partial charge < -0.3 is 9.40 Å². The first-order valence-corrected chi connectivity index (χ1v) is 23.1. The summed E-state index contributed by atoms with van der Waals surface area (Å²) in [5.74, 6) is 1.80. The molecule has 312 valence electrons. The van der Waals surface area contributed by atoms with Gasteiger partial charge in [0.2, 0.25) is 0 Å². The average Bonchev–Trinajstić information content (AvgIpc) is 4.01. The van der Waals surface area contributed by atoms with Crippen molar-refractivity contribution in [1.29, 1.82) is 0 Å². The second-order valence-electron chi connectivity index (χ2n) is 17.8. The smallest absolute Gasteiger partial charge is 0.164 e. The van der Waals surface area contributed by atoms with Gasteiger partial charge in [0, 0.05) is 59.2 Å². The molecule has 0 atom stereocenters. The fourth-order valence-electron chi connectivity index (χ4n) is 10.1. The van der Waals surface area contributed by atoms with Crippen molar-refractivity contribution < 1.29 is 4.42 Å². The second-order valence-corrected chi connectivity index (χ2v) is 18.7. The Labute approximate surface area is 389 Å². The van der Waals surface area contributed by atoms with Crippen LogP contribution in [0.4, 0.5) is 0 Å². The lowest BCUT2D eigenvalue weighted by Gasteiger charge is -2.23. The van der Waals surface area contributed by atoms with Crippen LogP contribution in [-0.4, -0.2) is 19.9 Å². The van der Waals surface area contributed by atoms with Crippen molar-refractivity contribution in [2.24, 2.45) is 0 Å². The molecule has 0 saturated carbocycles. The molecule has 6 heteroatoms. The zero-order valence-corrected chi connectivity index (χ0v) is 37.7. The number of H-pyrrole nitrogens is 1. The first-order chi connectivity index (χ1) is 32.3. The molecule has 3 aromatic heterocycles. The van der Waals surface area contributed by atoms with E-state index in [1.165, 1.54) is 66.4 Å². The summed E-state index contributed by atoms with van der Waals surface area (Å²) in [4.78, 5) is 18.8. The Morgan fingerprint density at radius 1 is 0.394 bits per heavy atom. The number of rotatable bonds is 6. The predicted octanol–water partition coefficient (Wildman–Crippen LogP) is 16.5. The van der Waals surface area contributed by atoms with Crippen molar-refractivity contribution in [2.45, 2.75) is 19.3 Å². The lowest BCUT2D eigenvalue weighted by molar-refractivity contribution is 0.661. The van der Waals surface area contributed by atoms with Gasteiger partial charge in [0.1, 0.15) is 11.2 Å². The number of benzene rings is 9. The Morgan fingerprint density at radius 3 is 1.67 bits per heavy atom. The fourth-order valence-corrected chi connectivity index (χ4v) is 10.4. The van der Waals surface area contributed by atoms with E-state index in [0.717, 1.165) is 54.2 Å². The highest BCUT2D eigenvalue weighted by molar-refractivity contribution is 9.10. The van der Waals surface area contributed by atoms with E-state index in [2.05, 4.69) is 180 Å². The number of aromatic amines is 1. The third kappa shape index (κ3) is 6.24. The first-order valence-electron chi connectivity index (χ1n) is 22.3. The molecule has 0 fully saturated rings. The average molecular weight is 912 g/mol. The number of fused-ring (bicyclic) bond motifs is 9. The van der Waals surface area contributed by atoms with E-state index < -0.39 is 0 Å². The topological polar surface area (TPSA) is 67.6 Å². The minimum atomic E-state index is -0.194. The molecule has 12 aromatic rings. The van der Waals surface area contributed by atoms with E-state index >= 15 is 0 Å².